The predicted octanol–water partition coefficient (Wildman–Crippen LogP) is 1.77. The van der Waals surface area contributed by atoms with Gasteiger partial charge in [0.25, 0.3) is 0 Å². The summed E-state index contributed by atoms with van der Waals surface area (Å²) in [6.07, 6.45) is -0.644. The fourth-order valence-electron chi connectivity index (χ4n) is 4.67. The van der Waals surface area contributed by atoms with E-state index in [9.17, 15) is 37.6 Å². The van der Waals surface area contributed by atoms with Crippen LogP contribution >= 0.6 is 0 Å². The van der Waals surface area contributed by atoms with Crippen LogP contribution < -0.4 is 16.0 Å². The zero-order chi connectivity index (χ0) is 27.1. The number of carbonyl (C=O) groups excluding carboxylic acids is 4. The molecule has 0 unspecified atom stereocenters. The van der Waals surface area contributed by atoms with Gasteiger partial charge in [0.1, 0.15) is 18.1 Å². The van der Waals surface area contributed by atoms with E-state index in [1.165, 1.54) is 27.8 Å². The highest BCUT2D eigenvalue weighted by Crippen LogP contribution is 2.46. The first kappa shape index (κ1) is 27.7. The second kappa shape index (κ2) is 9.90. The molecular weight excluding hydrogens is 479 g/mol. The fourth-order valence-corrected chi connectivity index (χ4v) is 4.67. The van der Waals surface area contributed by atoms with E-state index < -0.39 is 53.4 Å². The summed E-state index contributed by atoms with van der Waals surface area (Å²) in [7, 11) is 1.32. The summed E-state index contributed by atoms with van der Waals surface area (Å²) in [6, 6.07) is -1.52. The van der Waals surface area contributed by atoms with Gasteiger partial charge in [-0.05, 0) is 43.4 Å². The number of hydrogen-bond acceptors (Lipinski definition) is 5. The van der Waals surface area contributed by atoms with Gasteiger partial charge >= 0.3 is 12.1 Å². The monoisotopic (exact) mass is 513 g/mol. The summed E-state index contributed by atoms with van der Waals surface area (Å²) in [5, 5.41) is 17.0. The molecule has 2 saturated carbocycles. The highest BCUT2D eigenvalue weighted by atomic mass is 19.4. The molecule has 1 saturated heterocycles. The molecule has 2 aliphatic carbocycles. The van der Waals surface area contributed by atoms with Crippen LogP contribution in [0.5, 0.6) is 0 Å². The molecule has 3 aliphatic rings. The average molecular weight is 514 g/mol. The lowest BCUT2D eigenvalue weighted by Gasteiger charge is -2.36. The summed E-state index contributed by atoms with van der Waals surface area (Å²) in [4.78, 5) is 51.5. The zero-order valence-corrected chi connectivity index (χ0v) is 21.0. The first-order valence-corrected chi connectivity index (χ1v) is 12.2. The highest BCUT2D eigenvalue weighted by Gasteiger charge is 2.52. The average Bonchev–Trinajstić information content (AvgIpc) is 3.68. The molecule has 4 atom stereocenters. The van der Waals surface area contributed by atoms with Gasteiger partial charge in [-0.25, -0.2) is 0 Å². The van der Waals surface area contributed by atoms with E-state index in [-0.39, 0.29) is 30.2 Å². The number of nitriles is 1. The van der Waals surface area contributed by atoms with Gasteiger partial charge in [-0.2, -0.15) is 18.4 Å². The molecule has 1 aliphatic heterocycles. The number of carbonyl (C=O) groups is 4. The van der Waals surface area contributed by atoms with Gasteiger partial charge < -0.3 is 20.9 Å². The molecule has 1 spiro atoms. The highest BCUT2D eigenvalue weighted by molar-refractivity contribution is 5.93. The van der Waals surface area contributed by atoms with Crippen molar-refractivity contribution in [2.75, 3.05) is 7.05 Å². The maximum absolute atomic E-state index is 13.3. The number of likely N-dealkylation sites (N-methyl/N-ethyl adjacent to an activating group) is 1. The van der Waals surface area contributed by atoms with Gasteiger partial charge in [-0.3, -0.25) is 19.2 Å². The van der Waals surface area contributed by atoms with Crippen LogP contribution in [0.2, 0.25) is 0 Å². The molecule has 3 N–H and O–H groups in total. The molecule has 1 heterocycles. The first-order chi connectivity index (χ1) is 16.6. The molecule has 0 aromatic carbocycles. The topological polar surface area (TPSA) is 131 Å². The Labute approximate surface area is 208 Å². The van der Waals surface area contributed by atoms with Crippen molar-refractivity contribution in [3.05, 3.63) is 0 Å². The molecule has 9 nitrogen and oxygen atoms in total. The lowest BCUT2D eigenvalue weighted by Crippen LogP contribution is -2.60. The Morgan fingerprint density at radius 3 is 2.22 bits per heavy atom. The van der Waals surface area contributed by atoms with Crippen LogP contribution in [-0.4, -0.2) is 65.4 Å². The summed E-state index contributed by atoms with van der Waals surface area (Å²) >= 11 is 0. The predicted molar refractivity (Wildman–Crippen MR) is 122 cm³/mol. The van der Waals surface area contributed by atoms with Crippen LogP contribution in [0.15, 0.2) is 0 Å². The summed E-state index contributed by atoms with van der Waals surface area (Å²) in [6.45, 7) is 4.54. The maximum Gasteiger partial charge on any atom is 0.471 e. The Bertz CT molecular complexity index is 947. The van der Waals surface area contributed by atoms with E-state index in [1.54, 1.807) is 5.32 Å². The molecule has 0 radical (unpaired) electrons. The van der Waals surface area contributed by atoms with Crippen molar-refractivity contribution >= 4 is 23.6 Å². The molecule has 0 aromatic rings. The Morgan fingerprint density at radius 2 is 1.78 bits per heavy atom. The van der Waals surface area contributed by atoms with Crippen molar-refractivity contribution in [2.45, 2.75) is 95.6 Å². The molecule has 200 valence electrons. The van der Waals surface area contributed by atoms with Crippen LogP contribution in [0.4, 0.5) is 13.2 Å². The number of amides is 4. The number of alkyl halides is 3. The van der Waals surface area contributed by atoms with E-state index in [1.807, 2.05) is 6.07 Å². The lowest BCUT2D eigenvalue weighted by atomic mass is 9.85. The van der Waals surface area contributed by atoms with Crippen LogP contribution in [0, 0.1) is 28.6 Å². The molecule has 0 aromatic heterocycles. The van der Waals surface area contributed by atoms with Crippen LogP contribution in [-0.2, 0) is 19.2 Å². The summed E-state index contributed by atoms with van der Waals surface area (Å²) in [5.74, 6) is -4.05. The van der Waals surface area contributed by atoms with E-state index in [0.717, 1.165) is 30.6 Å². The minimum Gasteiger partial charge on any atom is -0.350 e. The largest absolute Gasteiger partial charge is 0.471 e. The maximum atomic E-state index is 13.3. The van der Waals surface area contributed by atoms with Crippen molar-refractivity contribution in [1.82, 2.24) is 20.9 Å². The number of nitrogens with one attached hydrogen (secondary N) is 3. The normalized spacial score (nSPS) is 23.2. The van der Waals surface area contributed by atoms with Crippen molar-refractivity contribution < 1.29 is 32.3 Å². The minimum absolute atomic E-state index is 0.135. The zero-order valence-electron chi connectivity index (χ0n) is 21.0. The standard InChI is InChI=1S/C24H34F3N5O4/c1-22(2,3)17(30-21(36)24(25,26)27)20(35)32(4)16(9-13-5-6-13)19(34)29-15(12-28)10-14-11-23(7-8-23)31-18(14)33/h13-17H,5-11H2,1-4H3,(H,29,34)(H,30,36)(H,31,33)/t14-,15+,16+,17-/m1/s1. The molecular formula is C24H34F3N5O4. The second-order valence-electron chi connectivity index (χ2n) is 11.5. The van der Waals surface area contributed by atoms with Crippen molar-refractivity contribution in [2.24, 2.45) is 17.3 Å². The van der Waals surface area contributed by atoms with Crippen LogP contribution in [0.25, 0.3) is 0 Å². The number of nitrogens with zero attached hydrogens (tertiary/aromatic N) is 2. The van der Waals surface area contributed by atoms with Crippen molar-refractivity contribution in [3.8, 4) is 6.07 Å². The fraction of sp³-hybridized carbons (Fsp3) is 0.792. The minimum atomic E-state index is -5.17. The Hall–Kier alpha value is -2.84. The smallest absolute Gasteiger partial charge is 0.350 e. The molecule has 3 fully saturated rings. The number of hydrogen-bond donors (Lipinski definition) is 3. The van der Waals surface area contributed by atoms with Crippen LogP contribution in [0.1, 0.15) is 65.7 Å². The molecule has 4 amide bonds. The molecule has 3 rings (SSSR count). The van der Waals surface area contributed by atoms with Crippen LogP contribution in [0.3, 0.4) is 0 Å². The first-order valence-electron chi connectivity index (χ1n) is 12.2. The Kier molecular flexibility index (Phi) is 7.63. The SMILES string of the molecule is CN(C(=O)[C@@H](NC(=O)C(F)(F)F)C(C)(C)C)[C@@H](CC1CC1)C(=O)N[C@H](C#N)C[C@@H]1CC2(CC2)NC1=O. The second-order valence-corrected chi connectivity index (χ2v) is 11.5. The lowest BCUT2D eigenvalue weighted by molar-refractivity contribution is -0.176. The van der Waals surface area contributed by atoms with E-state index >= 15 is 0 Å². The third-order valence-electron chi connectivity index (χ3n) is 7.26. The van der Waals surface area contributed by atoms with Gasteiger partial charge in [0, 0.05) is 18.5 Å². The third kappa shape index (κ3) is 6.68. The quantitative estimate of drug-likeness (QED) is 0.433. The summed E-state index contributed by atoms with van der Waals surface area (Å²) in [5.41, 5.74) is -1.24. The number of halogens is 3. The van der Waals surface area contributed by atoms with E-state index in [4.69, 9.17) is 0 Å². The molecule has 12 heteroatoms. The van der Waals surface area contributed by atoms with E-state index in [2.05, 4.69) is 10.6 Å². The molecule has 0 bridgehead atoms. The Balaban J connectivity index is 1.72. The van der Waals surface area contributed by atoms with Crippen molar-refractivity contribution in [1.29, 1.82) is 5.26 Å². The Morgan fingerprint density at radius 1 is 1.17 bits per heavy atom. The van der Waals surface area contributed by atoms with Gasteiger partial charge in [0.05, 0.1) is 6.07 Å². The van der Waals surface area contributed by atoms with Gasteiger partial charge in [0.2, 0.25) is 17.7 Å². The number of rotatable bonds is 9. The third-order valence-corrected chi connectivity index (χ3v) is 7.26. The van der Waals surface area contributed by atoms with Gasteiger partial charge in [-0.1, -0.05) is 33.6 Å². The summed E-state index contributed by atoms with van der Waals surface area (Å²) < 4.78 is 38.7. The van der Waals surface area contributed by atoms with E-state index in [0.29, 0.717) is 6.42 Å². The van der Waals surface area contributed by atoms with Gasteiger partial charge in [0.15, 0.2) is 0 Å². The van der Waals surface area contributed by atoms with Gasteiger partial charge in [-0.15, -0.1) is 0 Å². The molecule has 36 heavy (non-hydrogen) atoms. The van der Waals surface area contributed by atoms with Crippen molar-refractivity contribution in [3.63, 3.8) is 0 Å².